The van der Waals surface area contributed by atoms with Crippen LogP contribution in [0.3, 0.4) is 0 Å². The van der Waals surface area contributed by atoms with Gasteiger partial charge < -0.3 is 10.8 Å². The molecule has 0 radical (unpaired) electrons. The molecule has 0 spiro atoms. The fourth-order valence-electron chi connectivity index (χ4n) is 2.30. The second-order valence-electron chi connectivity index (χ2n) is 5.72. The monoisotopic (exact) mass is 215 g/mol. The standard InChI is InChI=1S/C11H21NO3/c1-10(2,5-8(12)13)7-11(3,4)6-9(14)15/h5-7H2,1-4H3,(H2,12,13)(H,14,15). The molecule has 0 heterocycles. The molecule has 15 heavy (non-hydrogen) atoms. The summed E-state index contributed by atoms with van der Waals surface area (Å²) in [5, 5.41) is 8.74. The quantitative estimate of drug-likeness (QED) is 0.708. The summed E-state index contributed by atoms with van der Waals surface area (Å²) in [5.41, 5.74) is 4.58. The third-order valence-corrected chi connectivity index (χ3v) is 2.24. The average molecular weight is 215 g/mol. The fraction of sp³-hybridized carbons (Fsp3) is 0.818. The van der Waals surface area contributed by atoms with E-state index in [1.807, 2.05) is 27.7 Å². The van der Waals surface area contributed by atoms with Gasteiger partial charge in [0.15, 0.2) is 0 Å². The Morgan fingerprint density at radius 3 is 1.80 bits per heavy atom. The molecule has 0 saturated heterocycles. The molecule has 0 fully saturated rings. The fourth-order valence-corrected chi connectivity index (χ4v) is 2.30. The lowest BCUT2D eigenvalue weighted by Gasteiger charge is -2.33. The molecule has 3 N–H and O–H groups in total. The number of carboxylic acid groups (broad SMARTS) is 1. The van der Waals surface area contributed by atoms with Crippen molar-refractivity contribution in [1.82, 2.24) is 0 Å². The predicted octanol–water partition coefficient (Wildman–Crippen LogP) is 1.78. The molecule has 4 nitrogen and oxygen atoms in total. The van der Waals surface area contributed by atoms with Crippen molar-refractivity contribution in [2.75, 3.05) is 0 Å². The second kappa shape index (κ2) is 4.64. The largest absolute Gasteiger partial charge is 0.481 e. The van der Waals surface area contributed by atoms with Gasteiger partial charge in [0.25, 0.3) is 0 Å². The zero-order chi connectivity index (χ0) is 12.3. The molecule has 0 aromatic rings. The van der Waals surface area contributed by atoms with Crippen LogP contribution < -0.4 is 5.73 Å². The third-order valence-electron chi connectivity index (χ3n) is 2.24. The van der Waals surface area contributed by atoms with Crippen LogP contribution in [0.4, 0.5) is 0 Å². The molecule has 0 aromatic carbocycles. The van der Waals surface area contributed by atoms with E-state index in [-0.39, 0.29) is 29.6 Å². The summed E-state index contributed by atoms with van der Waals surface area (Å²) in [6.07, 6.45) is 1.06. The first kappa shape index (κ1) is 13.9. The van der Waals surface area contributed by atoms with Crippen LogP contribution in [0.2, 0.25) is 0 Å². The number of rotatable bonds is 6. The molecule has 0 saturated carbocycles. The van der Waals surface area contributed by atoms with Gasteiger partial charge in [0, 0.05) is 6.42 Å². The normalized spacial score (nSPS) is 12.5. The SMILES string of the molecule is CC(C)(CC(N)=O)CC(C)(C)CC(=O)O. The molecule has 0 aliphatic carbocycles. The summed E-state index contributed by atoms with van der Waals surface area (Å²) in [5.74, 6) is -1.15. The molecule has 0 aliphatic rings. The Morgan fingerprint density at radius 1 is 1.07 bits per heavy atom. The lowest BCUT2D eigenvalue weighted by molar-refractivity contribution is -0.139. The third kappa shape index (κ3) is 6.94. The summed E-state index contributed by atoms with van der Waals surface area (Å²) in [7, 11) is 0. The minimum absolute atomic E-state index is 0.106. The summed E-state index contributed by atoms with van der Waals surface area (Å²) < 4.78 is 0. The van der Waals surface area contributed by atoms with E-state index in [1.54, 1.807) is 0 Å². The van der Waals surface area contributed by atoms with Crippen LogP contribution in [-0.2, 0) is 9.59 Å². The van der Waals surface area contributed by atoms with Crippen molar-refractivity contribution in [3.63, 3.8) is 0 Å². The number of carbonyl (C=O) groups excluding carboxylic acids is 1. The van der Waals surface area contributed by atoms with E-state index >= 15 is 0 Å². The van der Waals surface area contributed by atoms with Crippen LogP contribution in [0.25, 0.3) is 0 Å². The van der Waals surface area contributed by atoms with E-state index in [9.17, 15) is 9.59 Å². The number of hydrogen-bond acceptors (Lipinski definition) is 2. The lowest BCUT2D eigenvalue weighted by atomic mass is 9.72. The molecule has 1 amide bonds. The molecule has 88 valence electrons. The zero-order valence-corrected chi connectivity index (χ0v) is 9.96. The van der Waals surface area contributed by atoms with E-state index in [0.29, 0.717) is 6.42 Å². The minimum atomic E-state index is -0.810. The van der Waals surface area contributed by atoms with Gasteiger partial charge in [-0.25, -0.2) is 0 Å². The van der Waals surface area contributed by atoms with Crippen LogP contribution >= 0.6 is 0 Å². The lowest BCUT2D eigenvalue weighted by Crippen LogP contribution is -2.29. The highest BCUT2D eigenvalue weighted by Gasteiger charge is 2.31. The predicted molar refractivity (Wildman–Crippen MR) is 58.2 cm³/mol. The van der Waals surface area contributed by atoms with Gasteiger partial charge in [-0.15, -0.1) is 0 Å². The number of aliphatic carboxylic acids is 1. The molecule has 0 rings (SSSR count). The zero-order valence-electron chi connectivity index (χ0n) is 9.96. The van der Waals surface area contributed by atoms with Crippen LogP contribution in [-0.4, -0.2) is 17.0 Å². The minimum Gasteiger partial charge on any atom is -0.481 e. The van der Waals surface area contributed by atoms with Gasteiger partial charge in [-0.3, -0.25) is 9.59 Å². The van der Waals surface area contributed by atoms with Gasteiger partial charge in [0.2, 0.25) is 5.91 Å². The highest BCUT2D eigenvalue weighted by atomic mass is 16.4. The van der Waals surface area contributed by atoms with Crippen molar-refractivity contribution >= 4 is 11.9 Å². The average Bonchev–Trinajstić information content (AvgIpc) is 1.73. The van der Waals surface area contributed by atoms with Gasteiger partial charge in [0.1, 0.15) is 0 Å². The van der Waals surface area contributed by atoms with Crippen LogP contribution in [0.5, 0.6) is 0 Å². The summed E-state index contributed by atoms with van der Waals surface area (Å²) in [4.78, 5) is 21.5. The number of nitrogens with two attached hydrogens (primary N) is 1. The van der Waals surface area contributed by atoms with Gasteiger partial charge >= 0.3 is 5.97 Å². The van der Waals surface area contributed by atoms with Gasteiger partial charge in [0.05, 0.1) is 6.42 Å². The molecule has 0 aromatic heterocycles. The molecule has 0 atom stereocenters. The Labute approximate surface area is 90.8 Å². The summed E-state index contributed by atoms with van der Waals surface area (Å²) in [6.45, 7) is 7.65. The first-order chi connectivity index (χ1) is 6.54. The Hall–Kier alpha value is -1.06. The molecular formula is C11H21NO3. The van der Waals surface area contributed by atoms with E-state index in [1.165, 1.54) is 0 Å². The first-order valence-electron chi connectivity index (χ1n) is 5.04. The maximum absolute atomic E-state index is 10.8. The van der Waals surface area contributed by atoms with Crippen molar-refractivity contribution < 1.29 is 14.7 Å². The van der Waals surface area contributed by atoms with E-state index < -0.39 is 5.97 Å². The van der Waals surface area contributed by atoms with Crippen LogP contribution in [0.1, 0.15) is 47.0 Å². The van der Waals surface area contributed by atoms with Gasteiger partial charge in [-0.1, -0.05) is 27.7 Å². The van der Waals surface area contributed by atoms with Crippen molar-refractivity contribution in [3.05, 3.63) is 0 Å². The van der Waals surface area contributed by atoms with Crippen molar-refractivity contribution in [1.29, 1.82) is 0 Å². The van der Waals surface area contributed by atoms with Crippen LogP contribution in [0, 0.1) is 10.8 Å². The van der Waals surface area contributed by atoms with Crippen molar-refractivity contribution in [2.24, 2.45) is 16.6 Å². The van der Waals surface area contributed by atoms with E-state index in [0.717, 1.165) is 0 Å². The maximum Gasteiger partial charge on any atom is 0.303 e. The van der Waals surface area contributed by atoms with Crippen LogP contribution in [0.15, 0.2) is 0 Å². The smallest absolute Gasteiger partial charge is 0.303 e. The molecular weight excluding hydrogens is 194 g/mol. The Bertz CT molecular complexity index is 231. The summed E-state index contributed by atoms with van der Waals surface area (Å²) in [6, 6.07) is 0. The highest BCUT2D eigenvalue weighted by molar-refractivity contribution is 5.74. The Morgan fingerprint density at radius 2 is 1.47 bits per heavy atom. The number of carboxylic acids is 1. The van der Waals surface area contributed by atoms with E-state index in [2.05, 4.69) is 0 Å². The first-order valence-corrected chi connectivity index (χ1v) is 5.04. The number of amides is 1. The Balaban J connectivity index is 4.42. The molecule has 0 aliphatic heterocycles. The number of primary amides is 1. The van der Waals surface area contributed by atoms with Crippen molar-refractivity contribution in [3.8, 4) is 0 Å². The van der Waals surface area contributed by atoms with Gasteiger partial charge in [-0.2, -0.15) is 0 Å². The van der Waals surface area contributed by atoms with Gasteiger partial charge in [-0.05, 0) is 17.3 Å². The number of hydrogen-bond donors (Lipinski definition) is 2. The second-order valence-corrected chi connectivity index (χ2v) is 5.72. The molecule has 0 bridgehead atoms. The topological polar surface area (TPSA) is 80.4 Å². The maximum atomic E-state index is 10.8. The molecule has 0 unspecified atom stereocenters. The molecule has 4 heteroatoms. The van der Waals surface area contributed by atoms with E-state index in [4.69, 9.17) is 10.8 Å². The highest BCUT2D eigenvalue weighted by Crippen LogP contribution is 2.38. The summed E-state index contributed by atoms with van der Waals surface area (Å²) >= 11 is 0. The van der Waals surface area contributed by atoms with Crippen molar-refractivity contribution in [2.45, 2.75) is 47.0 Å². The number of carbonyl (C=O) groups is 2. The Kier molecular flexibility index (Phi) is 4.31.